The van der Waals surface area contributed by atoms with Gasteiger partial charge in [-0.3, -0.25) is 4.99 Å². The summed E-state index contributed by atoms with van der Waals surface area (Å²) in [5.41, 5.74) is 2.41. The Labute approximate surface area is 191 Å². The number of benzene rings is 2. The van der Waals surface area contributed by atoms with Crippen LogP contribution in [-0.4, -0.2) is 60.0 Å². The molecule has 0 saturated carbocycles. The second-order valence-electron chi connectivity index (χ2n) is 7.89. The van der Waals surface area contributed by atoms with E-state index >= 15 is 0 Å². The van der Waals surface area contributed by atoms with Gasteiger partial charge in [0.15, 0.2) is 17.5 Å². The average Bonchev–Trinajstić information content (AvgIpc) is 3.31. The van der Waals surface area contributed by atoms with E-state index in [1.807, 2.05) is 24.3 Å². The van der Waals surface area contributed by atoms with Crippen LogP contribution in [0.15, 0.2) is 47.5 Å². The number of methoxy groups -OCH3 is 3. The van der Waals surface area contributed by atoms with Crippen molar-refractivity contribution >= 4 is 11.6 Å². The van der Waals surface area contributed by atoms with Gasteiger partial charge in [0, 0.05) is 44.5 Å². The van der Waals surface area contributed by atoms with E-state index in [0.717, 1.165) is 68.8 Å². The Hall–Kier alpha value is -3.09. The van der Waals surface area contributed by atoms with E-state index in [1.165, 1.54) is 11.3 Å². The van der Waals surface area contributed by atoms with E-state index in [-0.39, 0.29) is 0 Å². The SMILES string of the molecule is CCNC(=NCC1CCN(c2cccc(OC)c2)C1)NCCc1ccc(OC)c(OC)c1. The van der Waals surface area contributed by atoms with Crippen LogP contribution in [-0.2, 0) is 6.42 Å². The molecule has 7 nitrogen and oxygen atoms in total. The van der Waals surface area contributed by atoms with Crippen molar-refractivity contribution in [2.24, 2.45) is 10.9 Å². The molecule has 1 fully saturated rings. The van der Waals surface area contributed by atoms with Crippen molar-refractivity contribution in [2.75, 3.05) is 59.0 Å². The maximum absolute atomic E-state index is 5.40. The quantitative estimate of drug-likeness (QED) is 0.436. The summed E-state index contributed by atoms with van der Waals surface area (Å²) in [7, 11) is 5.02. The molecule has 2 aromatic rings. The van der Waals surface area contributed by atoms with Gasteiger partial charge in [-0.15, -0.1) is 0 Å². The second kappa shape index (κ2) is 12.1. The zero-order chi connectivity index (χ0) is 22.8. The van der Waals surface area contributed by atoms with Crippen LogP contribution in [0, 0.1) is 5.92 Å². The number of aliphatic imine (C=N–C) groups is 1. The molecule has 2 N–H and O–H groups in total. The van der Waals surface area contributed by atoms with Crippen molar-refractivity contribution < 1.29 is 14.2 Å². The highest BCUT2D eigenvalue weighted by molar-refractivity contribution is 5.79. The highest BCUT2D eigenvalue weighted by atomic mass is 16.5. The molecule has 3 rings (SSSR count). The van der Waals surface area contributed by atoms with Gasteiger partial charge in [-0.1, -0.05) is 12.1 Å². The Morgan fingerprint density at radius 1 is 1.03 bits per heavy atom. The lowest BCUT2D eigenvalue weighted by molar-refractivity contribution is 0.354. The third-order valence-electron chi connectivity index (χ3n) is 5.71. The Kier molecular flexibility index (Phi) is 8.90. The minimum Gasteiger partial charge on any atom is -0.497 e. The lowest BCUT2D eigenvalue weighted by Crippen LogP contribution is -2.38. The first-order chi connectivity index (χ1) is 15.7. The van der Waals surface area contributed by atoms with Gasteiger partial charge in [-0.05, 0) is 55.5 Å². The Balaban J connectivity index is 1.50. The van der Waals surface area contributed by atoms with Crippen LogP contribution >= 0.6 is 0 Å². The normalized spacial score (nSPS) is 16.1. The average molecular weight is 441 g/mol. The fourth-order valence-corrected chi connectivity index (χ4v) is 3.95. The molecule has 0 aromatic heterocycles. The van der Waals surface area contributed by atoms with Crippen molar-refractivity contribution in [2.45, 2.75) is 19.8 Å². The summed E-state index contributed by atoms with van der Waals surface area (Å²) in [6.07, 6.45) is 2.02. The number of hydrogen-bond donors (Lipinski definition) is 2. The van der Waals surface area contributed by atoms with Crippen molar-refractivity contribution in [3.8, 4) is 17.2 Å². The molecule has 0 bridgehead atoms. The molecule has 0 spiro atoms. The number of guanidine groups is 1. The minimum atomic E-state index is 0.544. The third kappa shape index (κ3) is 6.45. The zero-order valence-electron chi connectivity index (χ0n) is 19.7. The number of rotatable bonds is 10. The summed E-state index contributed by atoms with van der Waals surface area (Å²) >= 11 is 0. The summed E-state index contributed by atoms with van der Waals surface area (Å²) in [6.45, 7) is 6.60. The standard InChI is InChI=1S/C25H36N4O3/c1-5-26-25(27-13-11-19-9-10-23(31-3)24(15-19)32-4)28-17-20-12-14-29(18-20)21-7-6-8-22(16-21)30-2/h6-10,15-16,20H,5,11-14,17-18H2,1-4H3,(H2,26,27,28). The van der Waals surface area contributed by atoms with Gasteiger partial charge in [0.2, 0.25) is 0 Å². The highest BCUT2D eigenvalue weighted by Crippen LogP contribution is 2.28. The Bertz CT molecular complexity index is 887. The molecule has 0 radical (unpaired) electrons. The largest absolute Gasteiger partial charge is 0.497 e. The minimum absolute atomic E-state index is 0.544. The second-order valence-corrected chi connectivity index (χ2v) is 7.89. The highest BCUT2D eigenvalue weighted by Gasteiger charge is 2.22. The molecule has 1 saturated heterocycles. The lowest BCUT2D eigenvalue weighted by Gasteiger charge is -2.19. The molecule has 1 aliphatic heterocycles. The van der Waals surface area contributed by atoms with Crippen LogP contribution in [0.4, 0.5) is 5.69 Å². The van der Waals surface area contributed by atoms with Crippen LogP contribution in [0.2, 0.25) is 0 Å². The predicted octanol–water partition coefficient (Wildman–Crippen LogP) is 3.34. The van der Waals surface area contributed by atoms with E-state index in [0.29, 0.717) is 5.92 Å². The lowest BCUT2D eigenvalue weighted by atomic mass is 10.1. The first-order valence-electron chi connectivity index (χ1n) is 11.3. The van der Waals surface area contributed by atoms with Gasteiger partial charge < -0.3 is 29.7 Å². The molecule has 1 aliphatic rings. The molecule has 32 heavy (non-hydrogen) atoms. The van der Waals surface area contributed by atoms with Gasteiger partial charge in [-0.2, -0.15) is 0 Å². The van der Waals surface area contributed by atoms with Crippen LogP contribution in [0.25, 0.3) is 0 Å². The molecular weight excluding hydrogens is 404 g/mol. The fourth-order valence-electron chi connectivity index (χ4n) is 3.95. The van der Waals surface area contributed by atoms with Gasteiger partial charge in [0.25, 0.3) is 0 Å². The first-order valence-corrected chi connectivity index (χ1v) is 11.3. The molecule has 0 amide bonds. The number of hydrogen-bond acceptors (Lipinski definition) is 5. The van der Waals surface area contributed by atoms with E-state index in [4.69, 9.17) is 19.2 Å². The van der Waals surface area contributed by atoms with Crippen LogP contribution < -0.4 is 29.7 Å². The number of anilines is 1. The topological polar surface area (TPSA) is 67.4 Å². The van der Waals surface area contributed by atoms with E-state index in [2.05, 4.69) is 40.7 Å². The summed E-state index contributed by atoms with van der Waals surface area (Å²) < 4.78 is 16.1. The van der Waals surface area contributed by atoms with Crippen molar-refractivity contribution in [1.29, 1.82) is 0 Å². The first kappa shape index (κ1) is 23.6. The molecule has 174 valence electrons. The molecule has 1 heterocycles. The van der Waals surface area contributed by atoms with E-state index in [9.17, 15) is 0 Å². The summed E-state index contributed by atoms with van der Waals surface area (Å²) in [6, 6.07) is 14.3. The Morgan fingerprint density at radius 3 is 2.62 bits per heavy atom. The molecule has 1 unspecified atom stereocenters. The monoisotopic (exact) mass is 440 g/mol. The van der Waals surface area contributed by atoms with E-state index in [1.54, 1.807) is 21.3 Å². The molecular formula is C25H36N4O3. The fraction of sp³-hybridized carbons (Fsp3) is 0.480. The van der Waals surface area contributed by atoms with Crippen LogP contribution in [0.3, 0.4) is 0 Å². The summed E-state index contributed by atoms with van der Waals surface area (Å²) in [5.74, 6) is 3.82. The maximum Gasteiger partial charge on any atom is 0.191 e. The number of nitrogens with one attached hydrogen (secondary N) is 2. The number of ether oxygens (including phenoxy) is 3. The van der Waals surface area contributed by atoms with Gasteiger partial charge >= 0.3 is 0 Å². The van der Waals surface area contributed by atoms with Crippen molar-refractivity contribution in [3.05, 3.63) is 48.0 Å². The Morgan fingerprint density at radius 2 is 1.88 bits per heavy atom. The molecule has 1 atom stereocenters. The maximum atomic E-state index is 5.40. The van der Waals surface area contributed by atoms with Gasteiger partial charge in [0.1, 0.15) is 5.75 Å². The molecule has 7 heteroatoms. The van der Waals surface area contributed by atoms with E-state index < -0.39 is 0 Å². The van der Waals surface area contributed by atoms with Crippen molar-refractivity contribution in [3.63, 3.8) is 0 Å². The summed E-state index contributed by atoms with van der Waals surface area (Å²) in [4.78, 5) is 7.26. The van der Waals surface area contributed by atoms with Crippen LogP contribution in [0.5, 0.6) is 17.2 Å². The smallest absolute Gasteiger partial charge is 0.191 e. The molecule has 2 aromatic carbocycles. The zero-order valence-corrected chi connectivity index (χ0v) is 19.7. The summed E-state index contributed by atoms with van der Waals surface area (Å²) in [5, 5.41) is 6.81. The molecule has 0 aliphatic carbocycles. The van der Waals surface area contributed by atoms with Gasteiger partial charge in [-0.25, -0.2) is 0 Å². The van der Waals surface area contributed by atoms with Crippen LogP contribution in [0.1, 0.15) is 18.9 Å². The predicted molar refractivity (Wildman–Crippen MR) is 131 cm³/mol. The van der Waals surface area contributed by atoms with Gasteiger partial charge in [0.05, 0.1) is 21.3 Å². The number of nitrogens with zero attached hydrogens (tertiary/aromatic N) is 2. The third-order valence-corrected chi connectivity index (χ3v) is 5.71. The van der Waals surface area contributed by atoms with Crippen molar-refractivity contribution in [1.82, 2.24) is 10.6 Å².